The monoisotopic (exact) mass is 227 g/mol. The fraction of sp³-hybridized carbons (Fsp3) is 0.214. The Morgan fingerprint density at radius 1 is 1.29 bits per heavy atom. The average Bonchev–Trinajstić information content (AvgIpc) is 2.84. The van der Waals surface area contributed by atoms with Gasteiger partial charge in [-0.3, -0.25) is 5.10 Å². The molecule has 0 radical (unpaired) electrons. The van der Waals surface area contributed by atoms with E-state index in [2.05, 4.69) is 39.8 Å². The third kappa shape index (κ3) is 3.04. The highest BCUT2D eigenvalue weighted by atomic mass is 15.1. The van der Waals surface area contributed by atoms with E-state index >= 15 is 0 Å². The van der Waals surface area contributed by atoms with E-state index < -0.39 is 0 Å². The normalized spacial score (nSPS) is 11.1. The second-order valence-electron chi connectivity index (χ2n) is 3.86. The molecule has 3 heteroatoms. The summed E-state index contributed by atoms with van der Waals surface area (Å²) < 4.78 is 0. The predicted molar refractivity (Wildman–Crippen MR) is 71.6 cm³/mol. The first kappa shape index (κ1) is 11.6. The van der Waals surface area contributed by atoms with Gasteiger partial charge >= 0.3 is 0 Å². The van der Waals surface area contributed by atoms with E-state index in [0.717, 1.165) is 24.2 Å². The highest BCUT2D eigenvalue weighted by Crippen LogP contribution is 2.21. The summed E-state index contributed by atoms with van der Waals surface area (Å²) >= 11 is 0. The maximum atomic E-state index is 4.11. The van der Waals surface area contributed by atoms with E-state index in [1.54, 1.807) is 0 Å². The number of hydrogen-bond donors (Lipinski definition) is 2. The van der Waals surface area contributed by atoms with Crippen LogP contribution in [0.3, 0.4) is 0 Å². The highest BCUT2D eigenvalue weighted by Gasteiger charge is 2.03. The Morgan fingerprint density at radius 3 is 2.88 bits per heavy atom. The topological polar surface area (TPSA) is 40.7 Å². The molecule has 0 aliphatic rings. The van der Waals surface area contributed by atoms with Gasteiger partial charge in [0, 0.05) is 11.1 Å². The van der Waals surface area contributed by atoms with Crippen LogP contribution in [0.15, 0.2) is 42.6 Å². The van der Waals surface area contributed by atoms with Crippen LogP contribution in [0, 0.1) is 0 Å². The summed E-state index contributed by atoms with van der Waals surface area (Å²) in [6, 6.07) is 10.2. The van der Waals surface area contributed by atoms with Gasteiger partial charge in [0.1, 0.15) is 0 Å². The molecular weight excluding hydrogens is 210 g/mol. The van der Waals surface area contributed by atoms with Gasteiger partial charge in [-0.05, 0) is 20.0 Å². The van der Waals surface area contributed by atoms with Gasteiger partial charge in [0.15, 0.2) is 0 Å². The maximum absolute atomic E-state index is 4.11. The van der Waals surface area contributed by atoms with Crippen molar-refractivity contribution in [3.8, 4) is 11.3 Å². The highest BCUT2D eigenvalue weighted by molar-refractivity contribution is 5.71. The molecule has 3 nitrogen and oxygen atoms in total. The molecule has 1 aromatic heterocycles. The fourth-order valence-electron chi connectivity index (χ4n) is 1.70. The molecule has 0 unspecified atom stereocenters. The number of benzene rings is 1. The molecule has 17 heavy (non-hydrogen) atoms. The molecule has 0 atom stereocenters. The number of rotatable bonds is 5. The Balaban J connectivity index is 2.15. The largest absolute Gasteiger partial charge is 0.319 e. The summed E-state index contributed by atoms with van der Waals surface area (Å²) in [5, 5.41) is 10.3. The van der Waals surface area contributed by atoms with Crippen LogP contribution in [0.2, 0.25) is 0 Å². The Bertz CT molecular complexity index is 471. The van der Waals surface area contributed by atoms with Crippen molar-refractivity contribution in [2.75, 3.05) is 13.6 Å². The van der Waals surface area contributed by atoms with Gasteiger partial charge < -0.3 is 5.32 Å². The summed E-state index contributed by atoms with van der Waals surface area (Å²) in [6.45, 7) is 0.995. The zero-order valence-electron chi connectivity index (χ0n) is 9.98. The quantitative estimate of drug-likeness (QED) is 0.771. The molecule has 0 aliphatic carbocycles. The lowest BCUT2D eigenvalue weighted by Crippen LogP contribution is -2.05. The number of hydrogen-bond acceptors (Lipinski definition) is 2. The Morgan fingerprint density at radius 2 is 2.12 bits per heavy atom. The SMILES string of the molecule is CNCCC=Cc1cn[nH]c1-c1ccccc1. The lowest BCUT2D eigenvalue weighted by Gasteiger charge is -1.99. The summed E-state index contributed by atoms with van der Waals surface area (Å²) in [7, 11) is 1.96. The van der Waals surface area contributed by atoms with E-state index in [9.17, 15) is 0 Å². The zero-order valence-corrected chi connectivity index (χ0v) is 9.98. The minimum absolute atomic E-state index is 0.995. The van der Waals surface area contributed by atoms with Crippen LogP contribution in [0.4, 0.5) is 0 Å². The molecule has 0 bridgehead atoms. The minimum atomic E-state index is 0.995. The van der Waals surface area contributed by atoms with Crippen molar-refractivity contribution < 1.29 is 0 Å². The lowest BCUT2D eigenvalue weighted by molar-refractivity contribution is 0.809. The first-order valence-electron chi connectivity index (χ1n) is 5.81. The van der Waals surface area contributed by atoms with Crippen LogP contribution in [0.1, 0.15) is 12.0 Å². The van der Waals surface area contributed by atoms with Crippen LogP contribution in [0.25, 0.3) is 17.3 Å². The summed E-state index contributed by atoms with van der Waals surface area (Å²) in [5.41, 5.74) is 3.37. The van der Waals surface area contributed by atoms with Crippen LogP contribution in [-0.4, -0.2) is 23.8 Å². The first-order valence-corrected chi connectivity index (χ1v) is 5.81. The van der Waals surface area contributed by atoms with Crippen LogP contribution in [0.5, 0.6) is 0 Å². The van der Waals surface area contributed by atoms with Gasteiger partial charge in [0.05, 0.1) is 11.9 Å². The molecular formula is C14H17N3. The van der Waals surface area contributed by atoms with E-state index in [0.29, 0.717) is 0 Å². The van der Waals surface area contributed by atoms with Gasteiger partial charge in [0.2, 0.25) is 0 Å². The van der Waals surface area contributed by atoms with E-state index in [1.165, 1.54) is 5.56 Å². The van der Waals surface area contributed by atoms with E-state index in [1.807, 2.05) is 31.4 Å². The van der Waals surface area contributed by atoms with E-state index in [-0.39, 0.29) is 0 Å². The smallest absolute Gasteiger partial charge is 0.0722 e. The fourth-order valence-corrected chi connectivity index (χ4v) is 1.70. The van der Waals surface area contributed by atoms with Crippen molar-refractivity contribution in [3.63, 3.8) is 0 Å². The number of aromatic nitrogens is 2. The predicted octanol–water partition coefficient (Wildman–Crippen LogP) is 2.70. The molecule has 2 N–H and O–H groups in total. The van der Waals surface area contributed by atoms with Gasteiger partial charge in [-0.25, -0.2) is 0 Å². The summed E-state index contributed by atoms with van der Waals surface area (Å²) in [6.07, 6.45) is 7.16. The molecule has 0 saturated carbocycles. The number of nitrogens with one attached hydrogen (secondary N) is 2. The Labute approximate surface area is 102 Å². The number of H-pyrrole nitrogens is 1. The first-order chi connectivity index (χ1) is 8.42. The van der Waals surface area contributed by atoms with Crippen molar-refractivity contribution in [1.82, 2.24) is 15.5 Å². The lowest BCUT2D eigenvalue weighted by atomic mass is 10.1. The van der Waals surface area contributed by atoms with Crippen LogP contribution in [-0.2, 0) is 0 Å². The number of nitrogens with zero attached hydrogens (tertiary/aromatic N) is 1. The third-order valence-corrected chi connectivity index (χ3v) is 2.59. The molecule has 0 aliphatic heterocycles. The number of aromatic amines is 1. The Kier molecular flexibility index (Phi) is 4.11. The molecule has 0 saturated heterocycles. The zero-order chi connectivity index (χ0) is 11.9. The van der Waals surface area contributed by atoms with Crippen molar-refractivity contribution in [2.45, 2.75) is 6.42 Å². The van der Waals surface area contributed by atoms with Crippen molar-refractivity contribution in [2.24, 2.45) is 0 Å². The van der Waals surface area contributed by atoms with Crippen molar-refractivity contribution in [1.29, 1.82) is 0 Å². The van der Waals surface area contributed by atoms with Crippen molar-refractivity contribution in [3.05, 3.63) is 48.2 Å². The molecule has 1 heterocycles. The molecule has 88 valence electrons. The molecule has 2 rings (SSSR count). The summed E-state index contributed by atoms with van der Waals surface area (Å²) in [5.74, 6) is 0. The van der Waals surface area contributed by atoms with Gasteiger partial charge in [-0.1, -0.05) is 42.5 Å². The molecule has 1 aromatic carbocycles. The van der Waals surface area contributed by atoms with Gasteiger partial charge in [0.25, 0.3) is 0 Å². The standard InChI is InChI=1S/C14H17N3/c1-15-10-6-5-9-13-11-16-17-14(13)12-7-3-2-4-8-12/h2-5,7-9,11,15H,6,10H2,1H3,(H,16,17). The second kappa shape index (κ2) is 6.01. The molecule has 0 spiro atoms. The second-order valence-corrected chi connectivity index (χ2v) is 3.86. The molecule has 0 amide bonds. The van der Waals surface area contributed by atoms with Crippen molar-refractivity contribution >= 4 is 6.08 Å². The minimum Gasteiger partial charge on any atom is -0.319 e. The van der Waals surface area contributed by atoms with Crippen LogP contribution < -0.4 is 5.32 Å². The van der Waals surface area contributed by atoms with Gasteiger partial charge in [-0.15, -0.1) is 0 Å². The molecule has 0 fully saturated rings. The summed E-state index contributed by atoms with van der Waals surface area (Å²) in [4.78, 5) is 0. The van der Waals surface area contributed by atoms with Gasteiger partial charge in [-0.2, -0.15) is 5.10 Å². The Hall–Kier alpha value is -1.87. The maximum Gasteiger partial charge on any atom is 0.0722 e. The average molecular weight is 227 g/mol. The third-order valence-electron chi connectivity index (χ3n) is 2.59. The molecule has 2 aromatic rings. The van der Waals surface area contributed by atoms with Crippen LogP contribution >= 0.6 is 0 Å². The van der Waals surface area contributed by atoms with E-state index in [4.69, 9.17) is 0 Å².